The minimum Gasteiger partial charge on any atom is -0.313 e. The number of hydrogen-bond acceptors (Lipinski definition) is 3. The number of aryl methyl sites for hydroxylation is 2. The highest BCUT2D eigenvalue weighted by Gasteiger charge is 2.15. The van der Waals surface area contributed by atoms with Gasteiger partial charge < -0.3 is 5.32 Å². The Morgan fingerprint density at radius 2 is 1.90 bits per heavy atom. The number of likely N-dealkylation sites (N-methyl/N-ethyl adjacent to an activating group) is 1. The van der Waals surface area contributed by atoms with Crippen LogP contribution in [0, 0.1) is 10.5 Å². The van der Waals surface area contributed by atoms with Crippen molar-refractivity contribution < 1.29 is 0 Å². The first-order chi connectivity index (χ1) is 9.63. The molecule has 0 fully saturated rings. The van der Waals surface area contributed by atoms with Gasteiger partial charge in [-0.2, -0.15) is 10.2 Å². The van der Waals surface area contributed by atoms with Crippen molar-refractivity contribution in [2.45, 2.75) is 32.7 Å². The molecule has 0 saturated heterocycles. The van der Waals surface area contributed by atoms with Crippen molar-refractivity contribution in [3.63, 3.8) is 0 Å². The summed E-state index contributed by atoms with van der Waals surface area (Å²) in [5.74, 6) is 0. The van der Waals surface area contributed by atoms with Crippen molar-refractivity contribution >= 4 is 22.6 Å². The highest BCUT2D eigenvalue weighted by atomic mass is 127. The molecular weight excluding hydrogens is 361 g/mol. The van der Waals surface area contributed by atoms with E-state index < -0.39 is 0 Å². The molecule has 1 aromatic heterocycles. The lowest BCUT2D eigenvalue weighted by Gasteiger charge is -2.19. The SMILES string of the molecule is CCc1nnc(C)cc1C(Cc1ccc(I)cc1)NC. The Hall–Kier alpha value is -1.01. The molecule has 0 saturated carbocycles. The second-order valence-electron chi connectivity index (χ2n) is 4.91. The van der Waals surface area contributed by atoms with Crippen LogP contribution in [0.15, 0.2) is 30.3 Å². The van der Waals surface area contributed by atoms with Crippen LogP contribution in [0.5, 0.6) is 0 Å². The van der Waals surface area contributed by atoms with Gasteiger partial charge >= 0.3 is 0 Å². The van der Waals surface area contributed by atoms with Crippen molar-refractivity contribution in [3.05, 3.63) is 56.4 Å². The summed E-state index contributed by atoms with van der Waals surface area (Å²) in [5, 5.41) is 11.9. The second-order valence-corrected chi connectivity index (χ2v) is 6.16. The van der Waals surface area contributed by atoms with Crippen molar-refractivity contribution in [3.8, 4) is 0 Å². The minimum atomic E-state index is 0.277. The van der Waals surface area contributed by atoms with E-state index in [4.69, 9.17) is 0 Å². The molecule has 2 aromatic rings. The van der Waals surface area contributed by atoms with Crippen LogP contribution in [0.25, 0.3) is 0 Å². The molecule has 3 nitrogen and oxygen atoms in total. The molecule has 0 aliphatic carbocycles. The van der Waals surface area contributed by atoms with E-state index in [9.17, 15) is 0 Å². The molecule has 0 aliphatic heterocycles. The van der Waals surface area contributed by atoms with Crippen molar-refractivity contribution in [1.82, 2.24) is 15.5 Å². The molecule has 1 N–H and O–H groups in total. The molecule has 0 amide bonds. The van der Waals surface area contributed by atoms with Gasteiger partial charge in [-0.25, -0.2) is 0 Å². The Morgan fingerprint density at radius 1 is 1.20 bits per heavy atom. The van der Waals surface area contributed by atoms with E-state index in [-0.39, 0.29) is 6.04 Å². The normalized spacial score (nSPS) is 12.4. The van der Waals surface area contributed by atoms with Crippen LogP contribution >= 0.6 is 22.6 Å². The average molecular weight is 381 g/mol. The maximum atomic E-state index is 4.33. The summed E-state index contributed by atoms with van der Waals surface area (Å²) in [6, 6.07) is 11.1. The number of halogens is 1. The zero-order valence-electron chi connectivity index (χ0n) is 12.2. The van der Waals surface area contributed by atoms with E-state index >= 15 is 0 Å². The molecule has 0 radical (unpaired) electrons. The highest BCUT2D eigenvalue weighted by Crippen LogP contribution is 2.22. The summed E-state index contributed by atoms with van der Waals surface area (Å²) >= 11 is 2.33. The zero-order chi connectivity index (χ0) is 14.5. The van der Waals surface area contributed by atoms with Gasteiger partial charge in [0.2, 0.25) is 0 Å². The molecule has 1 atom stereocenters. The van der Waals surface area contributed by atoms with E-state index in [0.29, 0.717) is 0 Å². The summed E-state index contributed by atoms with van der Waals surface area (Å²) in [7, 11) is 2.01. The van der Waals surface area contributed by atoms with E-state index in [0.717, 1.165) is 24.2 Å². The van der Waals surface area contributed by atoms with Crippen molar-refractivity contribution in [2.24, 2.45) is 0 Å². The molecular formula is C16H20IN3. The number of rotatable bonds is 5. The van der Waals surface area contributed by atoms with Gasteiger partial charge in [0.1, 0.15) is 0 Å². The molecule has 20 heavy (non-hydrogen) atoms. The number of benzene rings is 1. The van der Waals surface area contributed by atoms with Crippen LogP contribution in [0.3, 0.4) is 0 Å². The molecule has 4 heteroatoms. The maximum Gasteiger partial charge on any atom is 0.0676 e. The Morgan fingerprint density at radius 3 is 2.50 bits per heavy atom. The Kier molecular flexibility index (Phi) is 5.48. The Bertz CT molecular complexity index is 566. The molecule has 1 heterocycles. The monoisotopic (exact) mass is 381 g/mol. The van der Waals surface area contributed by atoms with Crippen LogP contribution < -0.4 is 5.32 Å². The summed E-state index contributed by atoms with van der Waals surface area (Å²) in [5.41, 5.74) is 4.66. The van der Waals surface area contributed by atoms with Crippen LogP contribution in [-0.4, -0.2) is 17.2 Å². The van der Waals surface area contributed by atoms with Crippen molar-refractivity contribution in [2.75, 3.05) is 7.05 Å². The van der Waals surface area contributed by atoms with Crippen LogP contribution in [0.1, 0.15) is 35.5 Å². The van der Waals surface area contributed by atoms with Crippen LogP contribution in [0.4, 0.5) is 0 Å². The molecule has 1 aromatic carbocycles. The van der Waals surface area contributed by atoms with E-state index in [2.05, 4.69) is 75.4 Å². The van der Waals surface area contributed by atoms with Gasteiger partial charge in [-0.3, -0.25) is 0 Å². The second kappa shape index (κ2) is 7.13. The lowest BCUT2D eigenvalue weighted by atomic mass is 9.97. The van der Waals surface area contributed by atoms with Gasteiger partial charge in [-0.05, 0) is 78.7 Å². The summed E-state index contributed by atoms with van der Waals surface area (Å²) in [4.78, 5) is 0. The smallest absolute Gasteiger partial charge is 0.0676 e. The predicted molar refractivity (Wildman–Crippen MR) is 90.8 cm³/mol. The van der Waals surface area contributed by atoms with Gasteiger partial charge in [0.15, 0.2) is 0 Å². The molecule has 1 unspecified atom stereocenters. The zero-order valence-corrected chi connectivity index (χ0v) is 14.3. The highest BCUT2D eigenvalue weighted by molar-refractivity contribution is 14.1. The van der Waals surface area contributed by atoms with E-state index in [1.165, 1.54) is 14.7 Å². The lowest BCUT2D eigenvalue weighted by Crippen LogP contribution is -2.21. The first-order valence-electron chi connectivity index (χ1n) is 6.88. The van der Waals surface area contributed by atoms with Crippen molar-refractivity contribution in [1.29, 1.82) is 0 Å². The number of aromatic nitrogens is 2. The number of hydrogen-bond donors (Lipinski definition) is 1. The van der Waals surface area contributed by atoms with E-state index in [1.54, 1.807) is 0 Å². The summed E-state index contributed by atoms with van der Waals surface area (Å²) in [6.07, 6.45) is 1.87. The fourth-order valence-corrected chi connectivity index (χ4v) is 2.69. The molecule has 2 rings (SSSR count). The topological polar surface area (TPSA) is 37.8 Å². The first-order valence-corrected chi connectivity index (χ1v) is 7.96. The van der Waals surface area contributed by atoms with Gasteiger partial charge in [0.05, 0.1) is 11.4 Å². The maximum absolute atomic E-state index is 4.33. The number of nitrogens with one attached hydrogen (secondary N) is 1. The molecule has 0 spiro atoms. The fourth-order valence-electron chi connectivity index (χ4n) is 2.33. The summed E-state index contributed by atoms with van der Waals surface area (Å²) < 4.78 is 1.27. The first kappa shape index (κ1) is 15.4. The minimum absolute atomic E-state index is 0.277. The standard InChI is InChI=1S/C16H20IN3/c1-4-15-14(9-11(2)19-20-15)16(18-3)10-12-5-7-13(17)8-6-12/h5-9,16,18H,4,10H2,1-3H3. The molecule has 106 valence electrons. The Labute approximate surface area is 134 Å². The van der Waals surface area contributed by atoms with Gasteiger partial charge in [-0.15, -0.1) is 0 Å². The molecule has 0 bridgehead atoms. The van der Waals surface area contributed by atoms with Crippen LogP contribution in [-0.2, 0) is 12.8 Å². The molecule has 0 aliphatic rings. The fraction of sp³-hybridized carbons (Fsp3) is 0.375. The van der Waals surface area contributed by atoms with Gasteiger partial charge in [-0.1, -0.05) is 19.1 Å². The third-order valence-electron chi connectivity index (χ3n) is 3.44. The summed E-state index contributed by atoms with van der Waals surface area (Å²) in [6.45, 7) is 4.12. The quantitative estimate of drug-likeness (QED) is 0.807. The average Bonchev–Trinajstić information content (AvgIpc) is 2.46. The third kappa shape index (κ3) is 3.76. The predicted octanol–water partition coefficient (Wildman–Crippen LogP) is 3.46. The Balaban J connectivity index is 2.28. The van der Waals surface area contributed by atoms with Gasteiger partial charge in [0, 0.05) is 9.61 Å². The largest absolute Gasteiger partial charge is 0.313 e. The lowest BCUT2D eigenvalue weighted by molar-refractivity contribution is 0.578. The van der Waals surface area contributed by atoms with E-state index in [1.807, 2.05) is 14.0 Å². The van der Waals surface area contributed by atoms with Crippen LogP contribution in [0.2, 0.25) is 0 Å². The third-order valence-corrected chi connectivity index (χ3v) is 4.16. The number of nitrogens with zero attached hydrogens (tertiary/aromatic N) is 2. The van der Waals surface area contributed by atoms with Gasteiger partial charge in [0.25, 0.3) is 0 Å².